The molecule has 2 atom stereocenters. The van der Waals surface area contributed by atoms with E-state index in [-0.39, 0.29) is 26.1 Å². The predicted octanol–water partition coefficient (Wildman–Crippen LogP) is 15.2. The number of ether oxygens (including phenoxy) is 2. The van der Waals surface area contributed by atoms with E-state index in [1.54, 1.807) is 0 Å². The molecule has 10 heteroatoms. The third-order valence-corrected chi connectivity index (χ3v) is 12.3. The topological polar surface area (TPSA) is 111 Å². The lowest BCUT2D eigenvalue weighted by Gasteiger charge is -2.28. The molecule has 0 rings (SSSR count). The normalized spacial score (nSPS) is 13.8. The summed E-state index contributed by atoms with van der Waals surface area (Å²) in [6, 6.07) is 0. The van der Waals surface area contributed by atoms with Gasteiger partial charge in [0.05, 0.1) is 27.7 Å². The average molecular weight is 922 g/mol. The van der Waals surface area contributed by atoms with Crippen LogP contribution in [-0.4, -0.2) is 70.0 Å². The van der Waals surface area contributed by atoms with Crippen LogP contribution in [0.3, 0.4) is 0 Å². The largest absolute Gasteiger partial charge is 0.756 e. The number of phosphoric acid groups is 1. The van der Waals surface area contributed by atoms with Crippen LogP contribution >= 0.6 is 7.82 Å². The first-order valence-electron chi connectivity index (χ1n) is 26.3. The SMILES string of the molecule is CCCCCCCCCCC/C=C/C/C=C/CCCC(=O)OC[C@H](COP(=O)([O-])OCC[N+](C)(C)C)OC(=O)CCC/C=C/CC/C=C/CCCCCCCCCCCCCCCC. The molecule has 0 amide bonds. The van der Waals surface area contributed by atoms with Gasteiger partial charge in [0, 0.05) is 12.8 Å². The van der Waals surface area contributed by atoms with Gasteiger partial charge in [0.25, 0.3) is 7.82 Å². The number of carbonyl (C=O) groups excluding carboxylic acids is 2. The summed E-state index contributed by atoms with van der Waals surface area (Å²) >= 11 is 0. The fourth-order valence-electron chi connectivity index (χ4n) is 7.19. The highest BCUT2D eigenvalue weighted by Crippen LogP contribution is 2.38. The quantitative estimate of drug-likeness (QED) is 0.0195. The van der Waals surface area contributed by atoms with Crippen LogP contribution in [0.5, 0.6) is 0 Å². The Hall–Kier alpha value is -2.03. The van der Waals surface area contributed by atoms with Gasteiger partial charge in [-0.05, 0) is 70.6 Å². The van der Waals surface area contributed by atoms with Crippen molar-refractivity contribution >= 4 is 19.8 Å². The molecule has 0 spiro atoms. The number of hydrogen-bond acceptors (Lipinski definition) is 8. The maximum atomic E-state index is 12.7. The van der Waals surface area contributed by atoms with Gasteiger partial charge in [-0.15, -0.1) is 0 Å². The summed E-state index contributed by atoms with van der Waals surface area (Å²) in [7, 11) is 1.12. The molecule has 64 heavy (non-hydrogen) atoms. The van der Waals surface area contributed by atoms with Gasteiger partial charge >= 0.3 is 11.9 Å². The summed E-state index contributed by atoms with van der Waals surface area (Å²) in [5.74, 6) is -0.932. The Morgan fingerprint density at radius 2 is 0.859 bits per heavy atom. The molecule has 1 unspecified atom stereocenters. The Morgan fingerprint density at radius 3 is 1.30 bits per heavy atom. The highest BCUT2D eigenvalue weighted by molar-refractivity contribution is 7.45. The Labute approximate surface area is 394 Å². The van der Waals surface area contributed by atoms with E-state index < -0.39 is 32.5 Å². The molecule has 0 saturated heterocycles. The van der Waals surface area contributed by atoms with E-state index >= 15 is 0 Å². The predicted molar refractivity (Wildman–Crippen MR) is 268 cm³/mol. The number of esters is 2. The average Bonchev–Trinajstić information content (AvgIpc) is 3.25. The first kappa shape index (κ1) is 62.0. The van der Waals surface area contributed by atoms with E-state index in [4.69, 9.17) is 18.5 Å². The molecule has 374 valence electrons. The molecule has 0 aromatic heterocycles. The van der Waals surface area contributed by atoms with Crippen molar-refractivity contribution in [3.05, 3.63) is 48.6 Å². The second-order valence-electron chi connectivity index (χ2n) is 18.9. The van der Waals surface area contributed by atoms with Crippen LogP contribution < -0.4 is 4.89 Å². The second-order valence-corrected chi connectivity index (χ2v) is 20.3. The van der Waals surface area contributed by atoms with E-state index in [0.29, 0.717) is 23.9 Å². The van der Waals surface area contributed by atoms with E-state index in [2.05, 4.69) is 62.5 Å². The van der Waals surface area contributed by atoms with Crippen molar-refractivity contribution in [2.75, 3.05) is 47.5 Å². The Kier molecular flexibility index (Phi) is 44.6. The minimum absolute atomic E-state index is 0.0445. The Morgan fingerprint density at radius 1 is 0.484 bits per heavy atom. The lowest BCUT2D eigenvalue weighted by atomic mass is 10.0. The summed E-state index contributed by atoms with van der Waals surface area (Å²) in [6.45, 7) is 4.16. The smallest absolute Gasteiger partial charge is 0.306 e. The van der Waals surface area contributed by atoms with Crippen LogP contribution in [0.2, 0.25) is 0 Å². The summed E-state index contributed by atoms with van der Waals surface area (Å²) in [6.07, 6.45) is 56.0. The molecular formula is C54H100NO8P. The zero-order chi connectivity index (χ0) is 47.1. The number of allylic oxidation sites excluding steroid dienone is 8. The molecule has 9 nitrogen and oxygen atoms in total. The van der Waals surface area contributed by atoms with Gasteiger partial charge in [-0.2, -0.15) is 0 Å². The molecule has 0 aliphatic heterocycles. The number of phosphoric ester groups is 1. The monoisotopic (exact) mass is 922 g/mol. The number of carbonyl (C=O) groups is 2. The van der Waals surface area contributed by atoms with E-state index in [1.165, 1.54) is 148 Å². The molecular weight excluding hydrogens is 822 g/mol. The van der Waals surface area contributed by atoms with Crippen molar-refractivity contribution in [1.29, 1.82) is 0 Å². The van der Waals surface area contributed by atoms with Gasteiger partial charge in [0.1, 0.15) is 19.8 Å². The number of nitrogens with zero attached hydrogens (tertiary/aromatic N) is 1. The fraction of sp³-hybridized carbons (Fsp3) is 0.815. The molecule has 0 bridgehead atoms. The van der Waals surface area contributed by atoms with Crippen LogP contribution in [0.1, 0.15) is 232 Å². The molecule has 0 N–H and O–H groups in total. The van der Waals surface area contributed by atoms with Crippen LogP contribution in [0, 0.1) is 0 Å². The third kappa shape index (κ3) is 49.4. The third-order valence-electron chi connectivity index (χ3n) is 11.3. The first-order chi connectivity index (χ1) is 31.0. The van der Waals surface area contributed by atoms with Crippen LogP contribution in [0.25, 0.3) is 0 Å². The van der Waals surface area contributed by atoms with Crippen LogP contribution in [0.4, 0.5) is 0 Å². The van der Waals surface area contributed by atoms with E-state index in [1.807, 2.05) is 21.1 Å². The highest BCUT2D eigenvalue weighted by atomic mass is 31.2. The maximum absolute atomic E-state index is 12.7. The number of quaternary nitrogens is 1. The van der Waals surface area contributed by atoms with Crippen molar-refractivity contribution < 1.29 is 42.1 Å². The standard InChI is InChI=1S/C54H100NO8P/c1-6-8-10-12-14-16-18-20-22-24-25-26-27-28-29-31-33-35-37-39-41-43-45-47-54(57)63-52(51-62-64(58,59)61-49-48-55(3,4)5)50-60-53(56)46-44-42-40-38-36-34-32-30-23-21-19-17-15-13-11-9-7-2/h31-34,38-41,52H,6-30,35-37,42-51H2,1-5H3/b33-31+,34-32+,40-38+,41-39+/t52-/m1/s1. The van der Waals surface area contributed by atoms with Crippen LogP contribution in [-0.2, 0) is 32.7 Å². The number of likely N-dealkylation sites (N-methyl/N-ethyl adjacent to an activating group) is 1. The summed E-state index contributed by atoms with van der Waals surface area (Å²) in [5, 5.41) is 0. The van der Waals surface area contributed by atoms with Crippen molar-refractivity contribution in [2.24, 2.45) is 0 Å². The summed E-state index contributed by atoms with van der Waals surface area (Å²) in [4.78, 5) is 37.7. The van der Waals surface area contributed by atoms with Gasteiger partial charge in [0.15, 0.2) is 6.10 Å². The lowest BCUT2D eigenvalue weighted by molar-refractivity contribution is -0.870. The zero-order valence-electron chi connectivity index (χ0n) is 42.2. The maximum Gasteiger partial charge on any atom is 0.306 e. The molecule has 0 aromatic rings. The summed E-state index contributed by atoms with van der Waals surface area (Å²) in [5.41, 5.74) is 0. The van der Waals surface area contributed by atoms with Gasteiger partial charge in [-0.3, -0.25) is 14.2 Å². The molecule has 0 heterocycles. The molecule has 0 saturated carbocycles. The zero-order valence-corrected chi connectivity index (χ0v) is 43.1. The fourth-order valence-corrected chi connectivity index (χ4v) is 7.91. The Balaban J connectivity index is 4.33. The van der Waals surface area contributed by atoms with E-state index in [0.717, 1.165) is 44.9 Å². The van der Waals surface area contributed by atoms with Crippen molar-refractivity contribution in [2.45, 2.75) is 238 Å². The second kappa shape index (κ2) is 46.1. The number of rotatable bonds is 48. The van der Waals surface area contributed by atoms with E-state index in [9.17, 15) is 19.0 Å². The van der Waals surface area contributed by atoms with Crippen molar-refractivity contribution in [1.82, 2.24) is 0 Å². The van der Waals surface area contributed by atoms with Crippen molar-refractivity contribution in [3.63, 3.8) is 0 Å². The van der Waals surface area contributed by atoms with Gasteiger partial charge in [-0.25, -0.2) is 0 Å². The molecule has 0 fully saturated rings. The highest BCUT2D eigenvalue weighted by Gasteiger charge is 2.21. The number of unbranched alkanes of at least 4 members (excludes halogenated alkanes) is 26. The lowest BCUT2D eigenvalue weighted by Crippen LogP contribution is -2.37. The first-order valence-corrected chi connectivity index (χ1v) is 27.8. The summed E-state index contributed by atoms with van der Waals surface area (Å²) < 4.78 is 33.9. The minimum atomic E-state index is -4.65. The van der Waals surface area contributed by atoms with Gasteiger partial charge in [0.2, 0.25) is 0 Å². The number of hydrogen-bond donors (Lipinski definition) is 0. The molecule has 0 aliphatic rings. The minimum Gasteiger partial charge on any atom is -0.756 e. The molecule has 0 aliphatic carbocycles. The van der Waals surface area contributed by atoms with Crippen molar-refractivity contribution in [3.8, 4) is 0 Å². The Bertz CT molecular complexity index is 1230. The van der Waals surface area contributed by atoms with Gasteiger partial charge in [-0.1, -0.05) is 197 Å². The van der Waals surface area contributed by atoms with Crippen LogP contribution in [0.15, 0.2) is 48.6 Å². The molecule has 0 radical (unpaired) electrons. The molecule has 0 aromatic carbocycles. The van der Waals surface area contributed by atoms with Gasteiger partial charge < -0.3 is 27.9 Å².